The minimum atomic E-state index is -1.00. The van der Waals surface area contributed by atoms with Crippen molar-refractivity contribution in [1.82, 2.24) is 24.5 Å². The second-order valence-electron chi connectivity index (χ2n) is 6.02. The third-order valence-corrected chi connectivity index (χ3v) is 4.46. The molecule has 0 radical (unpaired) electrons. The minimum absolute atomic E-state index is 0.171. The van der Waals surface area contributed by atoms with Crippen LogP contribution >= 0.6 is 11.6 Å². The van der Waals surface area contributed by atoms with E-state index in [0.29, 0.717) is 34.4 Å². The van der Waals surface area contributed by atoms with E-state index in [1.807, 2.05) is 12.1 Å². The Labute approximate surface area is 164 Å². The van der Waals surface area contributed by atoms with E-state index in [2.05, 4.69) is 25.3 Å². The number of rotatable bonds is 6. The van der Waals surface area contributed by atoms with Crippen LogP contribution in [0.5, 0.6) is 0 Å². The van der Waals surface area contributed by atoms with Crippen molar-refractivity contribution in [3.8, 4) is 5.82 Å². The molecule has 1 aromatic carbocycles. The molecule has 28 heavy (non-hydrogen) atoms. The number of aromatic carboxylic acids is 1. The number of benzene rings is 1. The van der Waals surface area contributed by atoms with Crippen LogP contribution in [0.4, 0.5) is 5.95 Å². The van der Waals surface area contributed by atoms with E-state index in [0.717, 1.165) is 12.0 Å². The van der Waals surface area contributed by atoms with Gasteiger partial charge in [0.25, 0.3) is 0 Å². The van der Waals surface area contributed by atoms with Crippen LogP contribution in [-0.2, 0) is 6.42 Å². The number of anilines is 1. The number of aromatic nitrogens is 5. The van der Waals surface area contributed by atoms with E-state index in [1.165, 1.54) is 18.3 Å². The molecule has 8 nitrogen and oxygen atoms in total. The minimum Gasteiger partial charge on any atom is -0.478 e. The highest BCUT2D eigenvalue weighted by Gasteiger charge is 2.13. The van der Waals surface area contributed by atoms with Gasteiger partial charge >= 0.3 is 5.97 Å². The summed E-state index contributed by atoms with van der Waals surface area (Å²) in [5, 5.41) is 12.7. The van der Waals surface area contributed by atoms with Gasteiger partial charge in [0, 0.05) is 18.9 Å². The van der Waals surface area contributed by atoms with Gasteiger partial charge in [-0.15, -0.1) is 0 Å². The Morgan fingerprint density at radius 1 is 1.18 bits per heavy atom. The highest BCUT2D eigenvalue weighted by molar-refractivity contribution is 6.32. The Bertz CT molecular complexity index is 1150. The zero-order valence-electron chi connectivity index (χ0n) is 14.6. The third kappa shape index (κ3) is 3.63. The van der Waals surface area contributed by atoms with E-state index < -0.39 is 5.97 Å². The predicted octanol–water partition coefficient (Wildman–Crippen LogP) is 3.22. The van der Waals surface area contributed by atoms with Crippen molar-refractivity contribution in [3.05, 3.63) is 71.4 Å². The first-order valence-corrected chi connectivity index (χ1v) is 8.86. The van der Waals surface area contributed by atoms with Crippen LogP contribution in [0.2, 0.25) is 5.02 Å². The molecule has 0 atom stereocenters. The molecule has 140 valence electrons. The second kappa shape index (κ2) is 7.61. The number of carboxylic acid groups (broad SMARTS) is 1. The summed E-state index contributed by atoms with van der Waals surface area (Å²) < 4.78 is 1.71. The molecule has 0 aliphatic heterocycles. The first-order valence-electron chi connectivity index (χ1n) is 8.48. The Morgan fingerprint density at radius 3 is 2.79 bits per heavy atom. The van der Waals surface area contributed by atoms with Crippen molar-refractivity contribution in [2.45, 2.75) is 6.42 Å². The number of carboxylic acids is 1. The fraction of sp³-hybridized carbons (Fsp3) is 0.105. The standard InChI is InChI=1S/C19H15ClN6O2/c20-14-10-23-19(22-8-5-12-3-6-21-7-4-12)25-17(14)26-11-24-15-9-13(18(27)28)1-2-16(15)26/h1-4,6-7,9-11H,5,8H2,(H,27,28)(H,22,23,25). The lowest BCUT2D eigenvalue weighted by Crippen LogP contribution is -2.10. The van der Waals surface area contributed by atoms with Crippen LogP contribution < -0.4 is 5.32 Å². The number of imidazole rings is 1. The largest absolute Gasteiger partial charge is 0.478 e. The summed E-state index contributed by atoms with van der Waals surface area (Å²) in [7, 11) is 0. The van der Waals surface area contributed by atoms with E-state index in [9.17, 15) is 4.79 Å². The van der Waals surface area contributed by atoms with Gasteiger partial charge in [0.1, 0.15) is 11.3 Å². The van der Waals surface area contributed by atoms with Gasteiger partial charge in [-0.2, -0.15) is 4.98 Å². The first-order chi connectivity index (χ1) is 13.6. The smallest absolute Gasteiger partial charge is 0.335 e. The summed E-state index contributed by atoms with van der Waals surface area (Å²) >= 11 is 6.30. The molecule has 0 spiro atoms. The molecule has 0 fully saturated rings. The van der Waals surface area contributed by atoms with Crippen LogP contribution in [0, 0.1) is 0 Å². The van der Waals surface area contributed by atoms with Crippen LogP contribution in [0.1, 0.15) is 15.9 Å². The van der Waals surface area contributed by atoms with Crippen molar-refractivity contribution >= 4 is 34.6 Å². The average Bonchev–Trinajstić information content (AvgIpc) is 3.13. The molecule has 4 aromatic rings. The molecule has 3 heterocycles. The molecular formula is C19H15ClN6O2. The molecule has 0 unspecified atom stereocenters. The number of nitrogens with zero attached hydrogens (tertiary/aromatic N) is 5. The SMILES string of the molecule is O=C(O)c1ccc2c(c1)ncn2-c1nc(NCCc2ccncc2)ncc1Cl. The maximum atomic E-state index is 11.1. The van der Waals surface area contributed by atoms with E-state index >= 15 is 0 Å². The fourth-order valence-electron chi connectivity index (χ4n) is 2.79. The number of hydrogen-bond acceptors (Lipinski definition) is 6. The number of nitrogens with one attached hydrogen (secondary N) is 1. The normalized spacial score (nSPS) is 10.9. The topological polar surface area (TPSA) is 106 Å². The van der Waals surface area contributed by atoms with Crippen LogP contribution in [0.3, 0.4) is 0 Å². The molecule has 0 saturated carbocycles. The van der Waals surface area contributed by atoms with Gasteiger partial charge in [-0.3, -0.25) is 9.55 Å². The molecule has 0 aliphatic rings. The number of halogens is 1. The molecular weight excluding hydrogens is 380 g/mol. The van der Waals surface area contributed by atoms with Gasteiger partial charge < -0.3 is 10.4 Å². The lowest BCUT2D eigenvalue weighted by Gasteiger charge is -2.09. The van der Waals surface area contributed by atoms with Crippen LogP contribution in [0.15, 0.2) is 55.2 Å². The van der Waals surface area contributed by atoms with Gasteiger partial charge in [-0.05, 0) is 42.3 Å². The zero-order chi connectivity index (χ0) is 19.5. The van der Waals surface area contributed by atoms with Crippen molar-refractivity contribution in [2.24, 2.45) is 0 Å². The highest BCUT2D eigenvalue weighted by Crippen LogP contribution is 2.24. The van der Waals surface area contributed by atoms with Crippen molar-refractivity contribution in [3.63, 3.8) is 0 Å². The molecule has 0 saturated heterocycles. The summed E-state index contributed by atoms with van der Waals surface area (Å²) in [5.41, 5.74) is 2.58. The summed E-state index contributed by atoms with van der Waals surface area (Å²) in [6, 6.07) is 8.63. The summed E-state index contributed by atoms with van der Waals surface area (Å²) in [6.07, 6.45) is 7.40. The fourth-order valence-corrected chi connectivity index (χ4v) is 2.98. The van der Waals surface area contributed by atoms with E-state index in [1.54, 1.807) is 29.4 Å². The number of hydrogen-bond donors (Lipinski definition) is 2. The maximum Gasteiger partial charge on any atom is 0.335 e. The van der Waals surface area contributed by atoms with Crippen LogP contribution in [-0.4, -0.2) is 42.1 Å². The molecule has 2 N–H and O–H groups in total. The van der Waals surface area contributed by atoms with Crippen molar-refractivity contribution in [1.29, 1.82) is 0 Å². The number of fused-ring (bicyclic) bond motifs is 1. The monoisotopic (exact) mass is 394 g/mol. The first kappa shape index (κ1) is 17.9. The summed E-state index contributed by atoms with van der Waals surface area (Å²) in [5.74, 6) is -0.0942. The lowest BCUT2D eigenvalue weighted by atomic mass is 10.2. The van der Waals surface area contributed by atoms with Crippen LogP contribution in [0.25, 0.3) is 16.9 Å². The van der Waals surface area contributed by atoms with Gasteiger partial charge in [0.2, 0.25) is 5.95 Å². The van der Waals surface area contributed by atoms with Gasteiger partial charge in [-0.1, -0.05) is 11.6 Å². The quantitative estimate of drug-likeness (QED) is 0.517. The third-order valence-electron chi connectivity index (χ3n) is 4.19. The molecule has 0 bridgehead atoms. The molecule has 9 heteroatoms. The molecule has 0 aliphatic carbocycles. The Balaban J connectivity index is 1.59. The number of carbonyl (C=O) groups is 1. The Morgan fingerprint density at radius 2 is 2.00 bits per heavy atom. The zero-order valence-corrected chi connectivity index (χ0v) is 15.3. The average molecular weight is 395 g/mol. The van der Waals surface area contributed by atoms with Crippen molar-refractivity contribution in [2.75, 3.05) is 11.9 Å². The Kier molecular flexibility index (Phi) is 4.86. The maximum absolute atomic E-state index is 11.1. The highest BCUT2D eigenvalue weighted by atomic mass is 35.5. The Hall–Kier alpha value is -3.52. The van der Waals surface area contributed by atoms with Gasteiger partial charge in [0.15, 0.2) is 5.82 Å². The van der Waals surface area contributed by atoms with Gasteiger partial charge in [-0.25, -0.2) is 14.8 Å². The lowest BCUT2D eigenvalue weighted by molar-refractivity contribution is 0.0697. The molecule has 3 aromatic heterocycles. The van der Waals surface area contributed by atoms with E-state index in [-0.39, 0.29) is 5.56 Å². The molecule has 0 amide bonds. The number of pyridine rings is 1. The van der Waals surface area contributed by atoms with E-state index in [4.69, 9.17) is 16.7 Å². The second-order valence-corrected chi connectivity index (χ2v) is 6.43. The van der Waals surface area contributed by atoms with Crippen molar-refractivity contribution < 1.29 is 9.90 Å². The molecule has 4 rings (SSSR count). The summed E-state index contributed by atoms with van der Waals surface area (Å²) in [6.45, 7) is 0.651. The summed E-state index contributed by atoms with van der Waals surface area (Å²) in [4.78, 5) is 28.1. The van der Waals surface area contributed by atoms with Gasteiger partial charge in [0.05, 0.1) is 22.8 Å². The predicted molar refractivity (Wildman–Crippen MR) is 105 cm³/mol.